The van der Waals surface area contributed by atoms with Crippen molar-refractivity contribution in [1.82, 2.24) is 10.2 Å². The molecule has 1 aliphatic heterocycles. The summed E-state index contributed by atoms with van der Waals surface area (Å²) in [5, 5.41) is 3.57. The molecule has 1 aliphatic rings. The van der Waals surface area contributed by atoms with E-state index in [9.17, 15) is 14.4 Å². The Balaban J connectivity index is 2.17. The fourth-order valence-electron chi connectivity index (χ4n) is 3.48. The normalized spacial score (nSPS) is 19.5. The van der Waals surface area contributed by atoms with Crippen LogP contribution in [-0.2, 0) is 19.1 Å². The Labute approximate surface area is 185 Å². The van der Waals surface area contributed by atoms with Gasteiger partial charge >= 0.3 is 186 Å². The van der Waals surface area contributed by atoms with E-state index in [1.54, 1.807) is 17.9 Å². The van der Waals surface area contributed by atoms with Crippen LogP contribution in [0.5, 0.6) is 0 Å². The number of rotatable bonds is 7. The number of benzene rings is 1. The van der Waals surface area contributed by atoms with Gasteiger partial charge in [-0.25, -0.2) is 0 Å². The summed E-state index contributed by atoms with van der Waals surface area (Å²) in [5.41, 5.74) is -0.419. The third-order valence-corrected chi connectivity index (χ3v) is 6.90. The third kappa shape index (κ3) is 6.99. The van der Waals surface area contributed by atoms with Crippen molar-refractivity contribution < 1.29 is 19.1 Å². The Hall–Kier alpha value is -2.11. The molecule has 1 fully saturated rings. The van der Waals surface area contributed by atoms with E-state index in [2.05, 4.69) is 17.4 Å². The van der Waals surface area contributed by atoms with Gasteiger partial charge in [-0.05, 0) is 0 Å². The van der Waals surface area contributed by atoms with Crippen molar-refractivity contribution in [2.45, 2.75) is 76.9 Å². The minimum atomic E-state index is -0.630. The molecular weight excluding hydrogens is 447 g/mol. The van der Waals surface area contributed by atoms with Gasteiger partial charge in [-0.2, -0.15) is 0 Å². The number of nitrogens with zero attached hydrogens (tertiary/aromatic N) is 1. The topological polar surface area (TPSA) is 75.7 Å². The first-order chi connectivity index (χ1) is 14.1. The molecule has 0 aromatic heterocycles. The number of esters is 1. The van der Waals surface area contributed by atoms with E-state index in [0.717, 1.165) is 18.2 Å². The van der Waals surface area contributed by atoms with Gasteiger partial charge in [0.1, 0.15) is 0 Å². The molecule has 6 nitrogen and oxygen atoms in total. The zero-order valence-corrected chi connectivity index (χ0v) is 20.1. The first-order valence-electron chi connectivity index (χ1n) is 10.3. The number of allylic oxidation sites excluding steroid dienone is 1. The molecule has 1 saturated heterocycles. The van der Waals surface area contributed by atoms with Gasteiger partial charge in [-0.3, -0.25) is 0 Å². The Bertz CT molecular complexity index is 786. The number of hydrogen-bond acceptors (Lipinski definition) is 4. The molecule has 1 aromatic carbocycles. The van der Waals surface area contributed by atoms with E-state index < -0.39 is 11.6 Å². The molecule has 0 aliphatic carbocycles. The number of amides is 2. The molecule has 2 atom stereocenters. The Morgan fingerprint density at radius 2 is 1.87 bits per heavy atom. The second kappa shape index (κ2) is 10.8. The number of carbonyl (C=O) groups is 3. The standard InChI is InChI=1S/C23H32N2O4Se/c1-6-19(24-16(2)26)21(27)25-17(14-15-30-18-10-8-7-9-11-18)12-13-20(25)22(28)29-23(3,4)5/h6-11,17,20H,12-15H2,1-5H3,(H,24,26). The molecular formula is C23H32N2O4Se. The summed E-state index contributed by atoms with van der Waals surface area (Å²) in [6.45, 7) is 8.53. The summed E-state index contributed by atoms with van der Waals surface area (Å²) in [6.07, 6.45) is 3.72. The maximum atomic E-state index is 13.3. The molecule has 2 unspecified atom stereocenters. The van der Waals surface area contributed by atoms with Gasteiger partial charge in [0, 0.05) is 0 Å². The van der Waals surface area contributed by atoms with Crippen LogP contribution in [0, 0.1) is 0 Å². The molecule has 0 spiro atoms. The number of carbonyl (C=O) groups excluding carboxylic acids is 3. The van der Waals surface area contributed by atoms with Crippen molar-refractivity contribution in [2.24, 2.45) is 0 Å². The summed E-state index contributed by atoms with van der Waals surface area (Å²) >= 11 is 0.307. The van der Waals surface area contributed by atoms with Crippen LogP contribution in [0.4, 0.5) is 0 Å². The van der Waals surface area contributed by atoms with Crippen LogP contribution in [0.25, 0.3) is 0 Å². The summed E-state index contributed by atoms with van der Waals surface area (Å²) in [6, 6.07) is 9.63. The molecule has 30 heavy (non-hydrogen) atoms. The number of hydrogen-bond donors (Lipinski definition) is 1. The maximum absolute atomic E-state index is 13.3. The molecule has 1 aromatic rings. The second-order valence-corrected chi connectivity index (χ2v) is 10.8. The number of nitrogens with one attached hydrogen (secondary N) is 1. The second-order valence-electron chi connectivity index (χ2n) is 8.33. The third-order valence-electron chi connectivity index (χ3n) is 4.71. The number of likely N-dealkylation sites (tertiary alicyclic amines) is 1. The zero-order chi connectivity index (χ0) is 22.3. The molecule has 0 saturated carbocycles. The average Bonchev–Trinajstić information content (AvgIpc) is 3.09. The summed E-state index contributed by atoms with van der Waals surface area (Å²) in [4.78, 5) is 39.3. The van der Waals surface area contributed by atoms with Gasteiger partial charge in [0.25, 0.3) is 0 Å². The van der Waals surface area contributed by atoms with Gasteiger partial charge < -0.3 is 0 Å². The molecule has 2 amide bonds. The van der Waals surface area contributed by atoms with Crippen LogP contribution in [0.15, 0.2) is 42.1 Å². The molecule has 0 radical (unpaired) electrons. The molecule has 0 bridgehead atoms. The molecule has 1 N–H and O–H groups in total. The molecule has 7 heteroatoms. The fraction of sp³-hybridized carbons (Fsp3) is 0.522. The van der Waals surface area contributed by atoms with Gasteiger partial charge in [0.2, 0.25) is 0 Å². The van der Waals surface area contributed by atoms with Crippen molar-refractivity contribution in [2.75, 3.05) is 0 Å². The minimum absolute atomic E-state index is 0.0516. The van der Waals surface area contributed by atoms with Crippen LogP contribution in [0.2, 0.25) is 5.32 Å². The van der Waals surface area contributed by atoms with Gasteiger partial charge in [-0.1, -0.05) is 0 Å². The molecule has 2 rings (SSSR count). The van der Waals surface area contributed by atoms with Crippen LogP contribution >= 0.6 is 0 Å². The summed E-state index contributed by atoms with van der Waals surface area (Å²) < 4.78 is 6.90. The number of ether oxygens (including phenoxy) is 1. The van der Waals surface area contributed by atoms with Crippen LogP contribution in [0.1, 0.15) is 53.9 Å². The zero-order valence-electron chi connectivity index (χ0n) is 18.4. The van der Waals surface area contributed by atoms with Gasteiger partial charge in [-0.15, -0.1) is 0 Å². The van der Waals surface area contributed by atoms with Gasteiger partial charge in [0.15, 0.2) is 0 Å². The van der Waals surface area contributed by atoms with E-state index in [4.69, 9.17) is 4.74 Å². The predicted molar refractivity (Wildman–Crippen MR) is 118 cm³/mol. The summed E-state index contributed by atoms with van der Waals surface area (Å²) in [7, 11) is 0. The predicted octanol–water partition coefficient (Wildman–Crippen LogP) is 2.57. The van der Waals surface area contributed by atoms with E-state index in [1.165, 1.54) is 11.4 Å². The quantitative estimate of drug-likeness (QED) is 0.371. The Morgan fingerprint density at radius 3 is 2.43 bits per heavy atom. The van der Waals surface area contributed by atoms with E-state index in [1.807, 2.05) is 39.0 Å². The van der Waals surface area contributed by atoms with Crippen molar-refractivity contribution in [1.29, 1.82) is 0 Å². The average molecular weight is 479 g/mol. The Morgan fingerprint density at radius 1 is 1.20 bits per heavy atom. The van der Waals surface area contributed by atoms with Crippen LogP contribution in [0.3, 0.4) is 0 Å². The van der Waals surface area contributed by atoms with Crippen LogP contribution in [-0.4, -0.2) is 55.3 Å². The van der Waals surface area contributed by atoms with E-state index in [-0.39, 0.29) is 29.5 Å². The monoisotopic (exact) mass is 480 g/mol. The van der Waals surface area contributed by atoms with Crippen LogP contribution < -0.4 is 9.78 Å². The first-order valence-corrected chi connectivity index (χ1v) is 12.4. The summed E-state index contributed by atoms with van der Waals surface area (Å²) in [5.74, 6) is -1.02. The van der Waals surface area contributed by atoms with E-state index >= 15 is 0 Å². The molecule has 164 valence electrons. The van der Waals surface area contributed by atoms with Gasteiger partial charge in [0.05, 0.1) is 0 Å². The fourth-order valence-corrected chi connectivity index (χ4v) is 5.53. The Kier molecular flexibility index (Phi) is 8.68. The first kappa shape index (κ1) is 24.2. The van der Waals surface area contributed by atoms with Crippen molar-refractivity contribution in [3.63, 3.8) is 0 Å². The SMILES string of the molecule is CC=C(NC(C)=O)C(=O)N1C(CC[Se]c2ccccc2)CCC1C(=O)OC(C)(C)C. The van der Waals surface area contributed by atoms with Crippen molar-refractivity contribution >= 4 is 37.2 Å². The van der Waals surface area contributed by atoms with Crippen molar-refractivity contribution in [3.05, 3.63) is 42.1 Å². The van der Waals surface area contributed by atoms with Crippen molar-refractivity contribution in [3.8, 4) is 0 Å². The van der Waals surface area contributed by atoms with E-state index in [0.29, 0.717) is 21.4 Å². The molecule has 1 heterocycles.